The topological polar surface area (TPSA) is 76.1 Å². The molecule has 2 heterocycles. The van der Waals surface area contributed by atoms with Crippen molar-refractivity contribution in [2.75, 3.05) is 5.75 Å². The van der Waals surface area contributed by atoms with Crippen LogP contribution in [0, 0.1) is 0 Å². The minimum Gasteiger partial charge on any atom is -0.343 e. The highest BCUT2D eigenvalue weighted by molar-refractivity contribution is 7.94. The van der Waals surface area contributed by atoms with E-state index in [-0.39, 0.29) is 16.6 Å². The summed E-state index contributed by atoms with van der Waals surface area (Å²) in [4.78, 5) is 16.2. The van der Waals surface area contributed by atoms with Crippen molar-refractivity contribution in [1.29, 1.82) is 0 Å². The lowest BCUT2D eigenvalue weighted by atomic mass is 10.1. The van der Waals surface area contributed by atoms with E-state index in [1.165, 1.54) is 6.08 Å². The van der Waals surface area contributed by atoms with Crippen molar-refractivity contribution in [1.82, 2.24) is 10.3 Å². The summed E-state index contributed by atoms with van der Waals surface area (Å²) in [5, 5.41) is 5.54. The van der Waals surface area contributed by atoms with Gasteiger partial charge < -0.3 is 5.32 Å². The van der Waals surface area contributed by atoms with Gasteiger partial charge in [-0.3, -0.25) is 4.79 Å². The van der Waals surface area contributed by atoms with Gasteiger partial charge in [0.2, 0.25) is 0 Å². The summed E-state index contributed by atoms with van der Waals surface area (Å²) >= 11 is 6.07. The second kappa shape index (κ2) is 5.13. The number of aromatic nitrogens is 1. The van der Waals surface area contributed by atoms with Crippen molar-refractivity contribution in [2.45, 2.75) is 6.04 Å². The minimum absolute atomic E-state index is 0.125. The Morgan fingerprint density at radius 3 is 2.81 bits per heavy atom. The van der Waals surface area contributed by atoms with Gasteiger partial charge in [-0.15, -0.1) is 0 Å². The van der Waals surface area contributed by atoms with Crippen molar-refractivity contribution in [3.63, 3.8) is 0 Å². The normalized spacial score (nSPS) is 19.8. The quantitative estimate of drug-likeness (QED) is 0.857. The number of nitrogens with one attached hydrogen (secondary N) is 1. The second-order valence-electron chi connectivity index (χ2n) is 4.76. The van der Waals surface area contributed by atoms with Crippen LogP contribution in [0.5, 0.6) is 0 Å². The second-order valence-corrected chi connectivity index (χ2v) is 7.05. The molecule has 0 radical (unpaired) electrons. The van der Waals surface area contributed by atoms with Gasteiger partial charge in [-0.2, -0.15) is 0 Å². The Kier molecular flexibility index (Phi) is 3.43. The summed E-state index contributed by atoms with van der Waals surface area (Å²) in [7, 11) is -3.21. The lowest BCUT2D eigenvalue weighted by molar-refractivity contribution is 0.0943. The number of sulfone groups is 1. The number of carbonyl (C=O) groups is 1. The Balaban J connectivity index is 1.87. The summed E-state index contributed by atoms with van der Waals surface area (Å²) in [6.45, 7) is 0. The summed E-state index contributed by atoms with van der Waals surface area (Å²) in [6.07, 6.45) is 1.45. The Labute approximate surface area is 126 Å². The molecule has 1 atom stereocenters. The van der Waals surface area contributed by atoms with E-state index in [0.717, 1.165) is 16.2 Å². The molecule has 0 saturated heterocycles. The number of hydrogen-bond acceptors (Lipinski definition) is 4. The van der Waals surface area contributed by atoms with E-state index in [1.54, 1.807) is 6.07 Å². The average Bonchev–Trinajstić information content (AvgIpc) is 2.78. The van der Waals surface area contributed by atoms with E-state index in [9.17, 15) is 13.2 Å². The minimum atomic E-state index is -3.21. The molecule has 1 aliphatic rings. The summed E-state index contributed by atoms with van der Waals surface area (Å²) < 4.78 is 22.6. The number of nitrogens with zero attached hydrogens (tertiary/aromatic N) is 1. The molecular weight excluding hydrogens is 312 g/mol. The standard InChI is InChI=1S/C14H11ClN2O3S/c15-13-11-4-2-1-3-9(11)7-12(17-13)14(18)16-10-5-6-21(19,20)8-10/h1-7,10H,8H2,(H,16,18). The van der Waals surface area contributed by atoms with E-state index in [1.807, 2.05) is 24.3 Å². The maximum atomic E-state index is 12.1. The Bertz CT molecular complexity index is 862. The molecule has 0 saturated carbocycles. The monoisotopic (exact) mass is 322 g/mol. The third-order valence-corrected chi connectivity index (χ3v) is 4.86. The Morgan fingerprint density at radius 1 is 1.33 bits per heavy atom. The molecule has 1 aromatic carbocycles. The summed E-state index contributed by atoms with van der Waals surface area (Å²) in [5.74, 6) is -0.575. The molecule has 1 unspecified atom stereocenters. The molecule has 0 bridgehead atoms. The van der Waals surface area contributed by atoms with Gasteiger partial charge in [0, 0.05) is 10.8 Å². The van der Waals surface area contributed by atoms with Crippen molar-refractivity contribution in [3.8, 4) is 0 Å². The molecule has 0 fully saturated rings. The van der Waals surface area contributed by atoms with Gasteiger partial charge in [0.1, 0.15) is 10.8 Å². The average molecular weight is 323 g/mol. The Morgan fingerprint density at radius 2 is 2.10 bits per heavy atom. The highest BCUT2D eigenvalue weighted by atomic mass is 35.5. The number of rotatable bonds is 2. The first-order valence-electron chi connectivity index (χ1n) is 6.22. The van der Waals surface area contributed by atoms with Crippen LogP contribution in [0.4, 0.5) is 0 Å². The fourth-order valence-electron chi connectivity index (χ4n) is 2.18. The molecule has 1 aromatic heterocycles. The van der Waals surface area contributed by atoms with Gasteiger partial charge in [-0.05, 0) is 17.5 Å². The fourth-order valence-corrected chi connectivity index (χ4v) is 3.68. The smallest absolute Gasteiger partial charge is 0.270 e. The van der Waals surface area contributed by atoms with Gasteiger partial charge in [0.25, 0.3) is 5.91 Å². The number of pyridine rings is 1. The van der Waals surface area contributed by atoms with Gasteiger partial charge in [0.15, 0.2) is 9.84 Å². The molecule has 1 aliphatic heterocycles. The van der Waals surface area contributed by atoms with E-state index >= 15 is 0 Å². The predicted octanol–water partition coefficient (Wildman–Crippen LogP) is 1.93. The van der Waals surface area contributed by atoms with E-state index in [4.69, 9.17) is 11.6 Å². The zero-order chi connectivity index (χ0) is 15.0. The van der Waals surface area contributed by atoms with Gasteiger partial charge in [0.05, 0.1) is 11.8 Å². The predicted molar refractivity (Wildman–Crippen MR) is 80.9 cm³/mol. The number of fused-ring (bicyclic) bond motifs is 1. The van der Waals surface area contributed by atoms with Crippen molar-refractivity contribution in [3.05, 3.63) is 52.7 Å². The molecular formula is C14H11ClN2O3S. The molecule has 21 heavy (non-hydrogen) atoms. The first kappa shape index (κ1) is 14.0. The number of benzene rings is 1. The molecule has 3 rings (SSSR count). The lowest BCUT2D eigenvalue weighted by Gasteiger charge is -2.10. The SMILES string of the molecule is O=C(NC1C=CS(=O)(=O)C1)c1cc2ccccc2c(Cl)n1. The number of hydrogen-bond donors (Lipinski definition) is 1. The zero-order valence-corrected chi connectivity index (χ0v) is 12.4. The molecule has 0 spiro atoms. The summed E-state index contributed by atoms with van der Waals surface area (Å²) in [5.41, 5.74) is 0.163. The van der Waals surface area contributed by atoms with Crippen LogP contribution in [0.15, 0.2) is 41.8 Å². The van der Waals surface area contributed by atoms with Crippen LogP contribution in [0.2, 0.25) is 5.15 Å². The van der Waals surface area contributed by atoms with E-state index < -0.39 is 21.8 Å². The lowest BCUT2D eigenvalue weighted by Crippen LogP contribution is -2.35. The van der Waals surface area contributed by atoms with Crippen molar-refractivity contribution in [2.24, 2.45) is 0 Å². The first-order valence-corrected chi connectivity index (χ1v) is 8.31. The Hall–Kier alpha value is -1.92. The van der Waals surface area contributed by atoms with E-state index in [0.29, 0.717) is 0 Å². The highest BCUT2D eigenvalue weighted by Gasteiger charge is 2.24. The van der Waals surface area contributed by atoms with Gasteiger partial charge in [-0.1, -0.05) is 35.9 Å². The maximum absolute atomic E-state index is 12.1. The number of halogens is 1. The van der Waals surface area contributed by atoms with E-state index in [2.05, 4.69) is 10.3 Å². The van der Waals surface area contributed by atoms with Crippen LogP contribution >= 0.6 is 11.6 Å². The first-order chi connectivity index (χ1) is 9.94. The molecule has 1 N–H and O–H groups in total. The number of carbonyl (C=O) groups excluding carboxylic acids is 1. The molecule has 2 aromatic rings. The van der Waals surface area contributed by atoms with Crippen LogP contribution in [0.3, 0.4) is 0 Å². The van der Waals surface area contributed by atoms with Crippen LogP contribution in [-0.2, 0) is 9.84 Å². The zero-order valence-electron chi connectivity index (χ0n) is 10.8. The van der Waals surface area contributed by atoms with Crippen LogP contribution in [0.25, 0.3) is 10.8 Å². The van der Waals surface area contributed by atoms with Crippen LogP contribution in [-0.4, -0.2) is 31.1 Å². The largest absolute Gasteiger partial charge is 0.343 e. The molecule has 0 aliphatic carbocycles. The molecule has 1 amide bonds. The third kappa shape index (κ3) is 2.91. The highest BCUT2D eigenvalue weighted by Crippen LogP contribution is 2.22. The fraction of sp³-hybridized carbons (Fsp3) is 0.143. The summed E-state index contributed by atoms with van der Waals surface area (Å²) in [6, 6.07) is 8.42. The molecule has 5 nitrogen and oxygen atoms in total. The van der Waals surface area contributed by atoms with Gasteiger partial charge >= 0.3 is 0 Å². The van der Waals surface area contributed by atoms with Crippen LogP contribution < -0.4 is 5.32 Å². The molecule has 108 valence electrons. The third-order valence-electron chi connectivity index (χ3n) is 3.17. The number of amides is 1. The van der Waals surface area contributed by atoms with Crippen molar-refractivity contribution < 1.29 is 13.2 Å². The van der Waals surface area contributed by atoms with Crippen molar-refractivity contribution >= 4 is 38.1 Å². The maximum Gasteiger partial charge on any atom is 0.270 e. The van der Waals surface area contributed by atoms with Crippen LogP contribution in [0.1, 0.15) is 10.5 Å². The molecule has 7 heteroatoms. The van der Waals surface area contributed by atoms with Gasteiger partial charge in [-0.25, -0.2) is 13.4 Å².